The van der Waals surface area contributed by atoms with Gasteiger partial charge in [0.15, 0.2) is 11.6 Å². The quantitative estimate of drug-likeness (QED) is 0.787. The third kappa shape index (κ3) is 3.00. The van der Waals surface area contributed by atoms with Gasteiger partial charge in [-0.1, -0.05) is 0 Å². The highest BCUT2D eigenvalue weighted by molar-refractivity contribution is 5.91. The molecule has 10 heteroatoms. The molecule has 1 aliphatic heterocycles. The molecule has 2 saturated carbocycles. The van der Waals surface area contributed by atoms with Crippen molar-refractivity contribution in [1.82, 2.24) is 9.55 Å². The van der Waals surface area contributed by atoms with E-state index < -0.39 is 29.4 Å². The number of alkyl halides is 2. The number of aromatic amines is 1. The van der Waals surface area contributed by atoms with E-state index in [1.54, 1.807) is 4.90 Å². The zero-order chi connectivity index (χ0) is 20.5. The molecule has 1 saturated heterocycles. The number of rotatable bonds is 5. The number of H-pyrrole nitrogens is 1. The molecule has 0 radical (unpaired) electrons. The van der Waals surface area contributed by atoms with Crippen molar-refractivity contribution >= 4 is 16.6 Å². The van der Waals surface area contributed by atoms with E-state index in [0.717, 1.165) is 18.9 Å². The Morgan fingerprint density at radius 1 is 1.24 bits per heavy atom. The Labute approximate surface area is 163 Å². The van der Waals surface area contributed by atoms with Crippen LogP contribution in [0.2, 0.25) is 0 Å². The first-order valence-corrected chi connectivity index (χ1v) is 9.78. The first-order valence-electron chi connectivity index (χ1n) is 9.78. The largest absolute Gasteiger partial charge is 0.430 e. The molecule has 5 rings (SSSR count). The molecule has 3 N–H and O–H groups in total. The highest BCUT2D eigenvalue weighted by atomic mass is 19.3. The van der Waals surface area contributed by atoms with Crippen LogP contribution in [0.4, 0.5) is 18.9 Å². The number of nitrogens with two attached hydrogens (primary N) is 1. The van der Waals surface area contributed by atoms with Crippen molar-refractivity contribution < 1.29 is 17.9 Å². The summed E-state index contributed by atoms with van der Waals surface area (Å²) in [5.41, 5.74) is 4.26. The maximum atomic E-state index is 15.1. The van der Waals surface area contributed by atoms with Gasteiger partial charge < -0.3 is 15.4 Å². The van der Waals surface area contributed by atoms with Crippen LogP contribution in [-0.2, 0) is 0 Å². The van der Waals surface area contributed by atoms with Gasteiger partial charge in [0, 0.05) is 24.7 Å². The Morgan fingerprint density at radius 2 is 1.97 bits per heavy atom. The molecule has 0 unspecified atom stereocenters. The van der Waals surface area contributed by atoms with Crippen LogP contribution in [0.5, 0.6) is 5.75 Å². The number of hydrogen-bond donors (Lipinski definition) is 2. The third-order valence-electron chi connectivity index (χ3n) is 6.37. The van der Waals surface area contributed by atoms with E-state index in [4.69, 9.17) is 10.5 Å². The number of nitrogens with zero attached hydrogens (tertiary/aromatic N) is 2. The minimum Gasteiger partial charge on any atom is -0.430 e. The van der Waals surface area contributed by atoms with E-state index in [9.17, 15) is 18.4 Å². The van der Waals surface area contributed by atoms with E-state index in [2.05, 4.69) is 4.98 Å². The number of hydrogen-bond acceptors (Lipinski definition) is 5. The first kappa shape index (κ1) is 18.5. The van der Waals surface area contributed by atoms with Crippen LogP contribution in [0.15, 0.2) is 15.7 Å². The van der Waals surface area contributed by atoms with Crippen molar-refractivity contribution in [3.8, 4) is 5.75 Å². The van der Waals surface area contributed by atoms with Gasteiger partial charge in [-0.3, -0.25) is 14.3 Å². The summed E-state index contributed by atoms with van der Waals surface area (Å²) in [5, 5.41) is -0.179. The molecule has 1 atom stereocenters. The van der Waals surface area contributed by atoms with E-state index in [-0.39, 0.29) is 34.1 Å². The second-order valence-electron chi connectivity index (χ2n) is 8.34. The van der Waals surface area contributed by atoms with Gasteiger partial charge in [0.05, 0.1) is 5.39 Å². The minimum absolute atomic E-state index is 0.0738. The highest BCUT2D eigenvalue weighted by Crippen LogP contribution is 2.48. The van der Waals surface area contributed by atoms with Gasteiger partial charge in [0.2, 0.25) is 0 Å². The Morgan fingerprint density at radius 3 is 2.59 bits per heavy atom. The molecule has 2 heterocycles. The van der Waals surface area contributed by atoms with Gasteiger partial charge in [0.1, 0.15) is 11.2 Å². The Balaban J connectivity index is 1.73. The lowest BCUT2D eigenvalue weighted by Crippen LogP contribution is -2.35. The molecular weight excluding hydrogens is 389 g/mol. The molecule has 156 valence electrons. The van der Waals surface area contributed by atoms with Crippen LogP contribution in [-0.4, -0.2) is 34.8 Å². The van der Waals surface area contributed by atoms with Crippen molar-refractivity contribution in [1.29, 1.82) is 0 Å². The fourth-order valence-corrected chi connectivity index (χ4v) is 4.51. The third-order valence-corrected chi connectivity index (χ3v) is 6.37. The molecule has 0 amide bonds. The fourth-order valence-electron chi connectivity index (χ4n) is 4.51. The fraction of sp³-hybridized carbons (Fsp3) is 0.579. The van der Waals surface area contributed by atoms with Gasteiger partial charge in [-0.15, -0.1) is 0 Å². The van der Waals surface area contributed by atoms with Gasteiger partial charge in [-0.2, -0.15) is 8.78 Å². The molecule has 29 heavy (non-hydrogen) atoms. The van der Waals surface area contributed by atoms with Crippen LogP contribution < -0.4 is 26.6 Å². The van der Waals surface area contributed by atoms with Crippen molar-refractivity contribution in [2.45, 2.75) is 50.3 Å². The van der Waals surface area contributed by atoms with Crippen molar-refractivity contribution in [3.05, 3.63) is 32.7 Å². The van der Waals surface area contributed by atoms with Crippen molar-refractivity contribution in [2.24, 2.45) is 11.7 Å². The molecule has 3 fully saturated rings. The van der Waals surface area contributed by atoms with Crippen molar-refractivity contribution in [3.63, 3.8) is 0 Å². The maximum Gasteiger partial charge on any atom is 0.387 e. The van der Waals surface area contributed by atoms with Gasteiger partial charge in [-0.25, -0.2) is 9.18 Å². The summed E-state index contributed by atoms with van der Waals surface area (Å²) in [6.07, 6.45) is 3.84. The second-order valence-corrected chi connectivity index (χ2v) is 8.34. The molecule has 2 aromatic rings. The smallest absolute Gasteiger partial charge is 0.387 e. The van der Waals surface area contributed by atoms with Gasteiger partial charge in [-0.05, 0) is 44.1 Å². The molecule has 0 spiro atoms. The van der Waals surface area contributed by atoms with Gasteiger partial charge >= 0.3 is 12.3 Å². The first-order chi connectivity index (χ1) is 13.8. The number of nitrogens with one attached hydrogen (secondary N) is 1. The van der Waals surface area contributed by atoms with Crippen LogP contribution in [0.3, 0.4) is 0 Å². The predicted molar refractivity (Wildman–Crippen MR) is 100 cm³/mol. The second kappa shape index (κ2) is 6.25. The summed E-state index contributed by atoms with van der Waals surface area (Å²) in [6, 6.07) is 0.772. The summed E-state index contributed by atoms with van der Waals surface area (Å²) in [6.45, 7) is -2.39. The number of aromatic nitrogens is 2. The molecule has 3 aliphatic rings. The monoisotopic (exact) mass is 410 g/mol. The number of anilines is 1. The minimum atomic E-state index is -3.23. The van der Waals surface area contributed by atoms with Crippen LogP contribution in [0.1, 0.15) is 38.1 Å². The summed E-state index contributed by atoms with van der Waals surface area (Å²) in [5.74, 6) is -1.16. The number of benzene rings is 1. The Hall–Kier alpha value is -2.49. The molecule has 7 nitrogen and oxygen atoms in total. The molecule has 0 bridgehead atoms. The van der Waals surface area contributed by atoms with E-state index >= 15 is 4.39 Å². The van der Waals surface area contributed by atoms with E-state index in [0.29, 0.717) is 32.4 Å². The SMILES string of the molecule is NC1([C@H]2CCN(c3c(F)cc4c(=O)[nH]c(=O)n(C5CC5)c4c3OC(F)F)C2)CC1. The highest BCUT2D eigenvalue weighted by Gasteiger charge is 2.48. The average Bonchev–Trinajstić information content (AvgIpc) is 3.56. The van der Waals surface area contributed by atoms with Crippen molar-refractivity contribution in [2.75, 3.05) is 18.0 Å². The summed E-state index contributed by atoms with van der Waals surface area (Å²) >= 11 is 0. The zero-order valence-electron chi connectivity index (χ0n) is 15.6. The Kier molecular flexibility index (Phi) is 4.00. The average molecular weight is 410 g/mol. The lowest BCUT2D eigenvalue weighted by Gasteiger charge is -2.25. The summed E-state index contributed by atoms with van der Waals surface area (Å²) in [4.78, 5) is 28.5. The standard InChI is InChI=1S/C19H21F3N4O3/c20-12-7-11-13(26(10-1-2-10)18(28)24-16(11)27)15(29-17(21)22)14(12)25-6-3-9(8-25)19(23)4-5-19/h7,9-10,17H,1-6,8,23H2,(H,24,27,28)/t9-/m0/s1. The predicted octanol–water partition coefficient (Wildman–Crippen LogP) is 2.08. The van der Waals surface area contributed by atoms with Crippen LogP contribution in [0, 0.1) is 11.7 Å². The normalized spacial score (nSPS) is 23.2. The zero-order valence-corrected chi connectivity index (χ0v) is 15.6. The topological polar surface area (TPSA) is 93.4 Å². The number of ether oxygens (including phenoxy) is 1. The lowest BCUT2D eigenvalue weighted by molar-refractivity contribution is -0.0488. The molecular formula is C19H21F3N4O3. The summed E-state index contributed by atoms with van der Waals surface area (Å²) < 4.78 is 47.7. The maximum absolute atomic E-state index is 15.1. The molecule has 1 aromatic heterocycles. The van der Waals surface area contributed by atoms with Gasteiger partial charge in [0.25, 0.3) is 5.56 Å². The van der Waals surface area contributed by atoms with E-state index in [1.807, 2.05) is 0 Å². The number of fused-ring (bicyclic) bond motifs is 1. The Bertz CT molecular complexity index is 1100. The number of halogens is 3. The molecule has 1 aromatic carbocycles. The lowest BCUT2D eigenvalue weighted by atomic mass is 9.97. The van der Waals surface area contributed by atoms with Crippen LogP contribution >= 0.6 is 0 Å². The van der Waals surface area contributed by atoms with E-state index in [1.165, 1.54) is 4.57 Å². The van der Waals surface area contributed by atoms with Crippen LogP contribution in [0.25, 0.3) is 10.9 Å². The molecule has 2 aliphatic carbocycles. The summed E-state index contributed by atoms with van der Waals surface area (Å²) in [7, 11) is 0.